The molecule has 0 aromatic carbocycles. The standard InChI is InChI=1S/C12H22N2O3/c1-11(2,7-9(15)16)13-10(17)14-12(3,4)8-5-6-8/h8H,5-7H2,1-4H3,(H,15,16)(H2,13,14,17). The average Bonchev–Trinajstić information content (AvgIpc) is 2.77. The molecule has 1 rings (SSSR count). The second-order valence-electron chi connectivity index (χ2n) is 6.03. The van der Waals surface area contributed by atoms with E-state index in [1.165, 1.54) is 0 Å². The molecule has 98 valence electrons. The van der Waals surface area contributed by atoms with Crippen LogP contribution in [0.5, 0.6) is 0 Å². The van der Waals surface area contributed by atoms with Crippen molar-refractivity contribution in [2.75, 3.05) is 0 Å². The number of hydrogen-bond acceptors (Lipinski definition) is 2. The highest BCUT2D eigenvalue weighted by atomic mass is 16.4. The third-order valence-electron chi connectivity index (χ3n) is 3.08. The Hall–Kier alpha value is -1.26. The molecular formula is C12H22N2O3. The van der Waals surface area contributed by atoms with E-state index in [-0.39, 0.29) is 18.0 Å². The van der Waals surface area contributed by atoms with Crippen molar-refractivity contribution >= 4 is 12.0 Å². The van der Waals surface area contributed by atoms with Crippen LogP contribution in [-0.2, 0) is 4.79 Å². The quantitative estimate of drug-likeness (QED) is 0.687. The number of aliphatic carboxylic acids is 1. The van der Waals surface area contributed by atoms with Crippen molar-refractivity contribution in [1.29, 1.82) is 0 Å². The second kappa shape index (κ2) is 4.55. The fourth-order valence-corrected chi connectivity index (χ4v) is 1.96. The van der Waals surface area contributed by atoms with E-state index < -0.39 is 11.5 Å². The van der Waals surface area contributed by atoms with E-state index in [1.807, 2.05) is 13.8 Å². The normalized spacial score (nSPS) is 16.5. The molecule has 0 saturated heterocycles. The lowest BCUT2D eigenvalue weighted by Gasteiger charge is -2.30. The Balaban J connectivity index is 2.45. The molecule has 0 unspecified atom stereocenters. The van der Waals surface area contributed by atoms with Gasteiger partial charge in [0.25, 0.3) is 0 Å². The smallest absolute Gasteiger partial charge is 0.315 e. The maximum Gasteiger partial charge on any atom is 0.315 e. The van der Waals surface area contributed by atoms with Gasteiger partial charge in [-0.15, -0.1) is 0 Å². The fourth-order valence-electron chi connectivity index (χ4n) is 1.96. The van der Waals surface area contributed by atoms with E-state index in [9.17, 15) is 9.59 Å². The summed E-state index contributed by atoms with van der Waals surface area (Å²) in [7, 11) is 0. The van der Waals surface area contributed by atoms with Crippen molar-refractivity contribution < 1.29 is 14.7 Å². The van der Waals surface area contributed by atoms with Crippen molar-refractivity contribution in [2.45, 2.75) is 58.0 Å². The highest BCUT2D eigenvalue weighted by Gasteiger charge is 2.39. The molecule has 5 nitrogen and oxygen atoms in total. The van der Waals surface area contributed by atoms with Gasteiger partial charge in [-0.3, -0.25) is 4.79 Å². The molecule has 0 heterocycles. The molecular weight excluding hydrogens is 220 g/mol. The lowest BCUT2D eigenvalue weighted by molar-refractivity contribution is -0.138. The summed E-state index contributed by atoms with van der Waals surface area (Å²) >= 11 is 0. The summed E-state index contributed by atoms with van der Waals surface area (Å²) < 4.78 is 0. The number of urea groups is 1. The van der Waals surface area contributed by atoms with Crippen LogP contribution in [-0.4, -0.2) is 28.2 Å². The Labute approximate surface area is 102 Å². The van der Waals surface area contributed by atoms with Crippen LogP contribution in [0.4, 0.5) is 4.79 Å². The van der Waals surface area contributed by atoms with Gasteiger partial charge in [0.2, 0.25) is 0 Å². The minimum Gasteiger partial charge on any atom is -0.481 e. The molecule has 1 aliphatic carbocycles. The van der Waals surface area contributed by atoms with Gasteiger partial charge >= 0.3 is 12.0 Å². The highest BCUT2D eigenvalue weighted by Crippen LogP contribution is 2.39. The third kappa shape index (κ3) is 4.63. The molecule has 0 aromatic heterocycles. The Kier molecular flexibility index (Phi) is 3.69. The van der Waals surface area contributed by atoms with Gasteiger partial charge in [0.1, 0.15) is 0 Å². The Bertz CT molecular complexity index is 320. The largest absolute Gasteiger partial charge is 0.481 e. The summed E-state index contributed by atoms with van der Waals surface area (Å²) in [6.45, 7) is 7.39. The topological polar surface area (TPSA) is 78.4 Å². The molecule has 0 atom stereocenters. The summed E-state index contributed by atoms with van der Waals surface area (Å²) in [5.41, 5.74) is -0.959. The van der Waals surface area contributed by atoms with Gasteiger partial charge in [0, 0.05) is 11.1 Å². The lowest BCUT2D eigenvalue weighted by Crippen LogP contribution is -2.55. The lowest BCUT2D eigenvalue weighted by atomic mass is 9.98. The molecule has 1 fully saturated rings. The van der Waals surface area contributed by atoms with Crippen LogP contribution in [0.2, 0.25) is 0 Å². The van der Waals surface area contributed by atoms with E-state index >= 15 is 0 Å². The fraction of sp³-hybridized carbons (Fsp3) is 0.833. The first-order valence-electron chi connectivity index (χ1n) is 5.94. The zero-order valence-electron chi connectivity index (χ0n) is 11.0. The van der Waals surface area contributed by atoms with Crippen LogP contribution >= 0.6 is 0 Å². The number of carboxylic acid groups (broad SMARTS) is 1. The van der Waals surface area contributed by atoms with E-state index in [0.29, 0.717) is 5.92 Å². The predicted octanol–water partition coefficient (Wildman–Crippen LogP) is 1.73. The van der Waals surface area contributed by atoms with Gasteiger partial charge in [0.15, 0.2) is 0 Å². The van der Waals surface area contributed by atoms with Crippen LogP contribution in [0.3, 0.4) is 0 Å². The molecule has 1 aliphatic rings. The number of hydrogen-bond donors (Lipinski definition) is 3. The van der Waals surface area contributed by atoms with E-state index in [2.05, 4.69) is 10.6 Å². The molecule has 2 amide bonds. The maximum absolute atomic E-state index is 11.8. The van der Waals surface area contributed by atoms with E-state index in [4.69, 9.17) is 5.11 Å². The van der Waals surface area contributed by atoms with Crippen LogP contribution < -0.4 is 10.6 Å². The number of carbonyl (C=O) groups excluding carboxylic acids is 1. The maximum atomic E-state index is 11.8. The number of carbonyl (C=O) groups is 2. The van der Waals surface area contributed by atoms with Crippen molar-refractivity contribution in [2.24, 2.45) is 5.92 Å². The van der Waals surface area contributed by atoms with Gasteiger partial charge < -0.3 is 15.7 Å². The first-order valence-corrected chi connectivity index (χ1v) is 5.94. The minimum absolute atomic E-state index is 0.0930. The molecule has 0 aromatic rings. The Morgan fingerprint density at radius 1 is 1.18 bits per heavy atom. The molecule has 17 heavy (non-hydrogen) atoms. The van der Waals surface area contributed by atoms with E-state index in [1.54, 1.807) is 13.8 Å². The van der Waals surface area contributed by atoms with Crippen LogP contribution in [0.25, 0.3) is 0 Å². The average molecular weight is 242 g/mol. The van der Waals surface area contributed by atoms with Crippen molar-refractivity contribution in [3.05, 3.63) is 0 Å². The van der Waals surface area contributed by atoms with Crippen LogP contribution in [0.1, 0.15) is 47.0 Å². The van der Waals surface area contributed by atoms with Gasteiger partial charge in [-0.25, -0.2) is 4.79 Å². The molecule has 5 heteroatoms. The number of rotatable bonds is 5. The summed E-state index contributed by atoms with van der Waals surface area (Å²) in [4.78, 5) is 22.4. The van der Waals surface area contributed by atoms with E-state index in [0.717, 1.165) is 12.8 Å². The summed E-state index contributed by atoms with van der Waals surface area (Å²) in [6, 6.07) is -0.298. The first-order chi connectivity index (χ1) is 7.62. The predicted molar refractivity (Wildman–Crippen MR) is 64.8 cm³/mol. The van der Waals surface area contributed by atoms with Crippen LogP contribution in [0, 0.1) is 5.92 Å². The van der Waals surface area contributed by atoms with Gasteiger partial charge in [0.05, 0.1) is 6.42 Å². The van der Waals surface area contributed by atoms with Crippen molar-refractivity contribution in [1.82, 2.24) is 10.6 Å². The summed E-state index contributed by atoms with van der Waals surface area (Å²) in [6.07, 6.45) is 2.20. The number of carboxylic acids is 1. The van der Waals surface area contributed by atoms with Gasteiger partial charge in [-0.05, 0) is 46.5 Å². The van der Waals surface area contributed by atoms with Gasteiger partial charge in [-0.2, -0.15) is 0 Å². The molecule has 0 radical (unpaired) electrons. The zero-order valence-corrected chi connectivity index (χ0v) is 11.0. The highest BCUT2D eigenvalue weighted by molar-refractivity contribution is 5.77. The molecule has 0 aliphatic heterocycles. The van der Waals surface area contributed by atoms with Crippen LogP contribution in [0.15, 0.2) is 0 Å². The first kappa shape index (κ1) is 13.8. The Morgan fingerprint density at radius 2 is 1.71 bits per heavy atom. The van der Waals surface area contributed by atoms with Crippen molar-refractivity contribution in [3.8, 4) is 0 Å². The monoisotopic (exact) mass is 242 g/mol. The third-order valence-corrected chi connectivity index (χ3v) is 3.08. The minimum atomic E-state index is -0.920. The molecule has 0 bridgehead atoms. The van der Waals surface area contributed by atoms with Gasteiger partial charge in [-0.1, -0.05) is 0 Å². The van der Waals surface area contributed by atoms with Crippen molar-refractivity contribution in [3.63, 3.8) is 0 Å². The summed E-state index contributed by atoms with van der Waals surface area (Å²) in [5.74, 6) is -0.382. The molecule has 0 spiro atoms. The zero-order chi connectivity index (χ0) is 13.3. The molecule has 3 N–H and O–H groups in total. The SMILES string of the molecule is CC(C)(CC(=O)O)NC(=O)NC(C)(C)C1CC1. The second-order valence-corrected chi connectivity index (χ2v) is 6.03. The Morgan fingerprint density at radius 3 is 2.12 bits per heavy atom. The summed E-state index contributed by atoms with van der Waals surface area (Å²) in [5, 5.41) is 14.3. The molecule has 1 saturated carbocycles. The number of amides is 2. The number of nitrogens with one attached hydrogen (secondary N) is 2.